The Bertz CT molecular complexity index is 208. The van der Waals surface area contributed by atoms with Crippen LogP contribution in [0.15, 0.2) is 0 Å². The van der Waals surface area contributed by atoms with Crippen LogP contribution in [0.3, 0.4) is 0 Å². The Morgan fingerprint density at radius 1 is 1.50 bits per heavy atom. The predicted molar refractivity (Wildman–Crippen MR) is 56.0 cm³/mol. The van der Waals surface area contributed by atoms with E-state index in [1.807, 2.05) is 0 Å². The first-order chi connectivity index (χ1) is 6.44. The summed E-state index contributed by atoms with van der Waals surface area (Å²) in [5.74, 6) is -0.0107. The maximum atomic E-state index is 11.4. The molecule has 0 aromatic carbocycles. The van der Waals surface area contributed by atoms with Crippen molar-refractivity contribution in [1.82, 2.24) is 5.32 Å². The summed E-state index contributed by atoms with van der Waals surface area (Å²) in [7, 11) is 1.47. The molecule has 1 aliphatic heterocycles. The number of rotatable bonds is 2. The third-order valence-corrected chi connectivity index (χ3v) is 2.68. The lowest BCUT2D eigenvalue weighted by atomic mass is 9.84. The van der Waals surface area contributed by atoms with Crippen molar-refractivity contribution in [2.45, 2.75) is 39.7 Å². The van der Waals surface area contributed by atoms with Gasteiger partial charge in [0.05, 0.1) is 13.0 Å². The Labute approximate surface area is 86.2 Å². The molecule has 1 heterocycles. The molecule has 1 aliphatic rings. The Morgan fingerprint density at radius 2 is 2.14 bits per heavy atom. The Hall–Kier alpha value is -0.570. The summed E-state index contributed by atoms with van der Waals surface area (Å²) >= 11 is 0. The van der Waals surface area contributed by atoms with E-state index in [9.17, 15) is 4.79 Å². The van der Waals surface area contributed by atoms with Gasteiger partial charge in [-0.25, -0.2) is 0 Å². The zero-order valence-electron chi connectivity index (χ0n) is 9.59. The molecule has 0 spiro atoms. The average Bonchev–Trinajstić information content (AvgIpc) is 2.48. The number of ether oxygens (including phenoxy) is 1. The Balaban J connectivity index is 2.56. The molecule has 2 unspecified atom stereocenters. The van der Waals surface area contributed by atoms with E-state index in [1.165, 1.54) is 7.11 Å². The van der Waals surface area contributed by atoms with Crippen LogP contribution in [0.1, 0.15) is 33.6 Å². The molecule has 1 saturated heterocycles. The number of hydrogen-bond acceptors (Lipinski definition) is 3. The summed E-state index contributed by atoms with van der Waals surface area (Å²) < 4.78 is 4.80. The third kappa shape index (κ3) is 2.98. The molecule has 1 rings (SSSR count). The predicted octanol–water partition coefficient (Wildman–Crippen LogP) is 1.57. The molecule has 0 aromatic heterocycles. The van der Waals surface area contributed by atoms with Crippen molar-refractivity contribution in [3.63, 3.8) is 0 Å². The molecule has 0 aromatic rings. The van der Waals surface area contributed by atoms with E-state index < -0.39 is 0 Å². The Kier molecular flexibility index (Phi) is 3.53. The van der Waals surface area contributed by atoms with E-state index in [4.69, 9.17) is 4.74 Å². The lowest BCUT2D eigenvalue weighted by molar-refractivity contribution is -0.145. The van der Waals surface area contributed by atoms with Crippen LogP contribution in [0.2, 0.25) is 0 Å². The number of methoxy groups -OCH3 is 1. The van der Waals surface area contributed by atoms with Crippen molar-refractivity contribution in [3.05, 3.63) is 0 Å². The molecule has 0 bridgehead atoms. The number of esters is 1. The van der Waals surface area contributed by atoms with Gasteiger partial charge < -0.3 is 10.1 Å². The van der Waals surface area contributed by atoms with Crippen molar-refractivity contribution < 1.29 is 9.53 Å². The van der Waals surface area contributed by atoms with Crippen LogP contribution in [0.4, 0.5) is 0 Å². The second kappa shape index (κ2) is 4.30. The molecule has 2 atom stereocenters. The van der Waals surface area contributed by atoms with Crippen LogP contribution >= 0.6 is 0 Å². The number of nitrogens with one attached hydrogen (secondary N) is 1. The lowest BCUT2D eigenvalue weighted by Crippen LogP contribution is -2.35. The summed E-state index contributed by atoms with van der Waals surface area (Å²) in [6.07, 6.45) is 1.93. The fraction of sp³-hybridized carbons (Fsp3) is 0.909. The zero-order valence-corrected chi connectivity index (χ0v) is 9.59. The van der Waals surface area contributed by atoms with E-state index in [2.05, 4.69) is 26.1 Å². The fourth-order valence-corrected chi connectivity index (χ4v) is 2.08. The molecule has 0 aliphatic carbocycles. The highest BCUT2D eigenvalue weighted by molar-refractivity contribution is 5.73. The quantitative estimate of drug-likeness (QED) is 0.686. The summed E-state index contributed by atoms with van der Waals surface area (Å²) in [4.78, 5) is 11.4. The van der Waals surface area contributed by atoms with Gasteiger partial charge in [0.2, 0.25) is 0 Å². The highest BCUT2D eigenvalue weighted by Gasteiger charge is 2.35. The van der Waals surface area contributed by atoms with Crippen LogP contribution in [0.5, 0.6) is 0 Å². The fourth-order valence-electron chi connectivity index (χ4n) is 2.08. The molecule has 1 fully saturated rings. The minimum atomic E-state index is -0.0655. The van der Waals surface area contributed by atoms with Gasteiger partial charge in [-0.15, -0.1) is 0 Å². The molecule has 14 heavy (non-hydrogen) atoms. The minimum Gasteiger partial charge on any atom is -0.469 e. The molecular formula is C11H21NO2. The van der Waals surface area contributed by atoms with E-state index in [1.54, 1.807) is 0 Å². The standard InChI is InChI=1S/C11H21NO2/c1-11(2,3)7-9-8(5-6-12-9)10(13)14-4/h8-9,12H,5-7H2,1-4H3. The van der Waals surface area contributed by atoms with Gasteiger partial charge in [-0.1, -0.05) is 20.8 Å². The smallest absolute Gasteiger partial charge is 0.310 e. The van der Waals surface area contributed by atoms with E-state index in [0.717, 1.165) is 19.4 Å². The molecule has 82 valence electrons. The summed E-state index contributed by atoms with van der Waals surface area (Å²) in [5, 5.41) is 3.38. The minimum absolute atomic E-state index is 0.0548. The third-order valence-electron chi connectivity index (χ3n) is 2.68. The maximum absolute atomic E-state index is 11.4. The van der Waals surface area contributed by atoms with Crippen LogP contribution in [0.25, 0.3) is 0 Å². The highest BCUT2D eigenvalue weighted by atomic mass is 16.5. The lowest BCUT2D eigenvalue weighted by Gasteiger charge is -2.26. The second-order valence-electron chi connectivity index (χ2n) is 5.24. The van der Waals surface area contributed by atoms with Gasteiger partial charge in [-0.2, -0.15) is 0 Å². The van der Waals surface area contributed by atoms with Gasteiger partial charge in [-0.3, -0.25) is 4.79 Å². The van der Waals surface area contributed by atoms with E-state index in [-0.39, 0.29) is 17.3 Å². The maximum Gasteiger partial charge on any atom is 0.310 e. The number of hydrogen-bond donors (Lipinski definition) is 1. The summed E-state index contributed by atoms with van der Waals surface area (Å²) in [5.41, 5.74) is 0.258. The molecular weight excluding hydrogens is 178 g/mol. The molecule has 0 amide bonds. The van der Waals surface area contributed by atoms with E-state index >= 15 is 0 Å². The SMILES string of the molecule is COC(=O)C1CCNC1CC(C)(C)C. The van der Waals surface area contributed by atoms with Gasteiger partial charge in [0.15, 0.2) is 0 Å². The van der Waals surface area contributed by atoms with Crippen LogP contribution in [0, 0.1) is 11.3 Å². The van der Waals surface area contributed by atoms with E-state index in [0.29, 0.717) is 6.04 Å². The summed E-state index contributed by atoms with van der Waals surface area (Å²) in [6, 6.07) is 0.294. The highest BCUT2D eigenvalue weighted by Crippen LogP contribution is 2.28. The monoisotopic (exact) mass is 199 g/mol. The van der Waals surface area contributed by atoms with Crippen molar-refractivity contribution in [3.8, 4) is 0 Å². The molecule has 0 radical (unpaired) electrons. The van der Waals surface area contributed by atoms with Crippen molar-refractivity contribution in [1.29, 1.82) is 0 Å². The summed E-state index contributed by atoms with van der Waals surface area (Å²) in [6.45, 7) is 7.52. The molecule has 3 nitrogen and oxygen atoms in total. The number of carbonyl (C=O) groups excluding carboxylic acids is 1. The molecule has 3 heteroatoms. The zero-order chi connectivity index (χ0) is 10.8. The molecule has 0 saturated carbocycles. The van der Waals surface area contributed by atoms with Gasteiger partial charge in [0.25, 0.3) is 0 Å². The van der Waals surface area contributed by atoms with Crippen LogP contribution in [-0.4, -0.2) is 25.7 Å². The van der Waals surface area contributed by atoms with Crippen LogP contribution in [-0.2, 0) is 9.53 Å². The average molecular weight is 199 g/mol. The van der Waals surface area contributed by atoms with Gasteiger partial charge in [0, 0.05) is 6.04 Å². The second-order valence-corrected chi connectivity index (χ2v) is 5.24. The van der Waals surface area contributed by atoms with Crippen molar-refractivity contribution >= 4 is 5.97 Å². The Morgan fingerprint density at radius 3 is 2.64 bits per heavy atom. The first kappa shape index (κ1) is 11.5. The van der Waals surface area contributed by atoms with Crippen LogP contribution < -0.4 is 5.32 Å². The van der Waals surface area contributed by atoms with Crippen molar-refractivity contribution in [2.75, 3.05) is 13.7 Å². The molecule has 1 N–H and O–H groups in total. The largest absolute Gasteiger partial charge is 0.469 e. The van der Waals surface area contributed by atoms with Crippen molar-refractivity contribution in [2.24, 2.45) is 11.3 Å². The first-order valence-corrected chi connectivity index (χ1v) is 5.25. The normalized spacial score (nSPS) is 27.7. The van der Waals surface area contributed by atoms with Gasteiger partial charge in [-0.05, 0) is 24.8 Å². The number of carbonyl (C=O) groups is 1. The van der Waals surface area contributed by atoms with Gasteiger partial charge >= 0.3 is 5.97 Å². The first-order valence-electron chi connectivity index (χ1n) is 5.25. The van der Waals surface area contributed by atoms with Gasteiger partial charge in [0.1, 0.15) is 0 Å². The topological polar surface area (TPSA) is 38.3 Å².